The van der Waals surface area contributed by atoms with E-state index < -0.39 is 6.04 Å². The zero-order valence-electron chi connectivity index (χ0n) is 9.98. The molecule has 0 unspecified atom stereocenters. The summed E-state index contributed by atoms with van der Waals surface area (Å²) in [6.07, 6.45) is 4.12. The van der Waals surface area contributed by atoms with Gasteiger partial charge in [0, 0.05) is 13.1 Å². The first-order valence-electron chi connectivity index (χ1n) is 5.99. The molecule has 2 amide bonds. The van der Waals surface area contributed by atoms with Gasteiger partial charge in [-0.05, 0) is 25.8 Å². The van der Waals surface area contributed by atoms with Crippen molar-refractivity contribution in [1.82, 2.24) is 10.2 Å². The van der Waals surface area contributed by atoms with Crippen molar-refractivity contribution in [2.75, 3.05) is 32.8 Å². The van der Waals surface area contributed by atoms with E-state index in [-0.39, 0.29) is 6.03 Å². The number of rotatable bonds is 6. The number of hydrogen-bond acceptors (Lipinski definition) is 4. The van der Waals surface area contributed by atoms with E-state index >= 15 is 0 Å². The highest BCUT2D eigenvalue weighted by molar-refractivity contribution is 5.78. The molecule has 1 fully saturated rings. The lowest BCUT2D eigenvalue weighted by Crippen LogP contribution is -2.49. The van der Waals surface area contributed by atoms with Crippen molar-refractivity contribution in [2.24, 2.45) is 5.73 Å². The van der Waals surface area contributed by atoms with Gasteiger partial charge in [0.1, 0.15) is 0 Å². The van der Waals surface area contributed by atoms with Crippen LogP contribution in [0.2, 0.25) is 0 Å². The summed E-state index contributed by atoms with van der Waals surface area (Å²) < 4.78 is 5.15. The van der Waals surface area contributed by atoms with Crippen molar-refractivity contribution in [2.45, 2.75) is 25.3 Å². The first-order chi connectivity index (χ1) is 8.27. The van der Waals surface area contributed by atoms with Crippen molar-refractivity contribution >= 4 is 12.3 Å². The molecule has 1 atom stereocenters. The number of nitrogens with two attached hydrogens (primary N) is 1. The topological polar surface area (TPSA) is 84.7 Å². The molecule has 17 heavy (non-hydrogen) atoms. The molecule has 0 aromatic carbocycles. The summed E-state index contributed by atoms with van der Waals surface area (Å²) in [5.74, 6) is 0. The average molecular weight is 242 g/mol. The van der Waals surface area contributed by atoms with Crippen LogP contribution in [0.4, 0.5) is 4.79 Å². The van der Waals surface area contributed by atoms with E-state index in [1.165, 1.54) is 0 Å². The number of nitrogens with zero attached hydrogens (tertiary/aromatic N) is 1. The highest BCUT2D eigenvalue weighted by Gasteiger charge is 2.19. The number of morpholine rings is 1. The van der Waals surface area contributed by atoms with Crippen molar-refractivity contribution in [3.05, 3.63) is 0 Å². The van der Waals surface area contributed by atoms with Crippen LogP contribution in [0.1, 0.15) is 19.3 Å². The number of urea groups is 1. The average Bonchev–Trinajstić information content (AvgIpc) is 2.38. The van der Waals surface area contributed by atoms with Crippen LogP contribution in [0.25, 0.3) is 0 Å². The molecule has 0 aliphatic carbocycles. The smallest absolute Gasteiger partial charge is 0.318 e. The maximum Gasteiger partial charge on any atom is 0.318 e. The van der Waals surface area contributed by atoms with Crippen LogP contribution in [-0.2, 0) is 9.53 Å². The van der Waals surface area contributed by atoms with E-state index in [0.29, 0.717) is 39.3 Å². The molecule has 0 aromatic rings. The molecule has 1 heterocycles. The van der Waals surface area contributed by atoms with E-state index in [1.807, 2.05) is 6.29 Å². The van der Waals surface area contributed by atoms with Gasteiger partial charge in [0.25, 0.3) is 0 Å². The molecule has 1 saturated heterocycles. The highest BCUT2D eigenvalue weighted by atomic mass is 16.5. The number of amides is 2. The maximum atomic E-state index is 11.8. The Morgan fingerprint density at radius 1 is 1.41 bits per heavy atom. The molecular weight excluding hydrogens is 222 g/mol. The van der Waals surface area contributed by atoms with Crippen LogP contribution in [-0.4, -0.2) is 56.1 Å². The minimum Gasteiger partial charge on any atom is -0.378 e. The minimum atomic E-state index is -0.531. The molecule has 0 saturated carbocycles. The van der Waals surface area contributed by atoms with Gasteiger partial charge >= 0.3 is 6.03 Å². The van der Waals surface area contributed by atoms with E-state index in [9.17, 15) is 9.59 Å². The summed E-state index contributed by atoms with van der Waals surface area (Å²) in [4.78, 5) is 24.1. The molecular formula is C11H20N3O3. The second-order valence-corrected chi connectivity index (χ2v) is 4.00. The molecule has 6 nitrogen and oxygen atoms in total. The SMILES string of the molecule is NCCCC[C@@H]([C]=O)NC(=O)N1CCOCC1. The summed E-state index contributed by atoms with van der Waals surface area (Å²) in [7, 11) is 0. The number of unbranched alkanes of at least 4 members (excludes halogenated alkanes) is 1. The molecule has 1 aliphatic rings. The standard InChI is InChI=1S/C11H20N3O3/c12-4-2-1-3-10(9-15)13-11(16)14-5-7-17-8-6-14/h10H,1-8,12H2,(H,13,16)/t10-/m0/s1. The van der Waals surface area contributed by atoms with Gasteiger partial charge in [-0.1, -0.05) is 0 Å². The number of carbonyl (C=O) groups excluding carboxylic acids is 2. The fraction of sp³-hybridized carbons (Fsp3) is 0.818. The molecule has 1 rings (SSSR count). The van der Waals surface area contributed by atoms with Gasteiger partial charge in [-0.15, -0.1) is 0 Å². The Morgan fingerprint density at radius 3 is 2.71 bits per heavy atom. The van der Waals surface area contributed by atoms with Gasteiger partial charge in [0.15, 0.2) is 0 Å². The van der Waals surface area contributed by atoms with Crippen LogP contribution in [0.3, 0.4) is 0 Å². The Bertz CT molecular complexity index is 242. The fourth-order valence-electron chi connectivity index (χ4n) is 1.66. The van der Waals surface area contributed by atoms with Crippen LogP contribution in [0.5, 0.6) is 0 Å². The van der Waals surface area contributed by atoms with Gasteiger partial charge in [0.05, 0.1) is 19.3 Å². The largest absolute Gasteiger partial charge is 0.378 e. The van der Waals surface area contributed by atoms with Crippen molar-refractivity contribution in [1.29, 1.82) is 0 Å². The zero-order valence-corrected chi connectivity index (χ0v) is 9.98. The van der Waals surface area contributed by atoms with Crippen LogP contribution in [0, 0.1) is 0 Å². The van der Waals surface area contributed by atoms with Crippen LogP contribution >= 0.6 is 0 Å². The summed E-state index contributed by atoms with van der Waals surface area (Å²) in [5.41, 5.74) is 5.37. The van der Waals surface area contributed by atoms with Gasteiger partial charge < -0.3 is 20.7 Å². The molecule has 1 aliphatic heterocycles. The first kappa shape index (κ1) is 13.9. The molecule has 0 aromatic heterocycles. The maximum absolute atomic E-state index is 11.8. The number of hydrogen-bond donors (Lipinski definition) is 2. The summed E-state index contributed by atoms with van der Waals surface area (Å²) >= 11 is 0. The normalized spacial score (nSPS) is 17.6. The molecule has 0 spiro atoms. The van der Waals surface area contributed by atoms with Crippen molar-refractivity contribution in [3.8, 4) is 0 Å². The third-order valence-electron chi connectivity index (χ3n) is 2.69. The number of ether oxygens (including phenoxy) is 1. The Morgan fingerprint density at radius 2 is 2.12 bits per heavy atom. The minimum absolute atomic E-state index is 0.214. The molecule has 0 bridgehead atoms. The first-order valence-corrected chi connectivity index (χ1v) is 5.99. The second-order valence-electron chi connectivity index (χ2n) is 4.00. The summed E-state index contributed by atoms with van der Waals surface area (Å²) in [6.45, 7) is 2.84. The van der Waals surface area contributed by atoms with Crippen molar-refractivity contribution < 1.29 is 14.3 Å². The van der Waals surface area contributed by atoms with Gasteiger partial charge in [0.2, 0.25) is 6.29 Å². The van der Waals surface area contributed by atoms with E-state index in [0.717, 1.165) is 12.8 Å². The predicted molar refractivity (Wildman–Crippen MR) is 63.3 cm³/mol. The Kier molecular flexibility index (Phi) is 6.57. The monoisotopic (exact) mass is 242 g/mol. The number of carbonyl (C=O) groups is 1. The van der Waals surface area contributed by atoms with E-state index in [1.54, 1.807) is 4.90 Å². The number of nitrogens with one attached hydrogen (secondary N) is 1. The van der Waals surface area contributed by atoms with Gasteiger partial charge in [-0.25, -0.2) is 4.79 Å². The van der Waals surface area contributed by atoms with Gasteiger partial charge in [-0.2, -0.15) is 0 Å². The Balaban J connectivity index is 2.28. The van der Waals surface area contributed by atoms with Crippen LogP contribution < -0.4 is 11.1 Å². The predicted octanol–water partition coefficient (Wildman–Crippen LogP) is -0.364. The molecule has 3 N–H and O–H groups in total. The molecule has 97 valence electrons. The Labute approximate surface area is 101 Å². The molecule has 1 radical (unpaired) electrons. The second kappa shape index (κ2) is 8.03. The summed E-state index contributed by atoms with van der Waals surface area (Å²) in [5, 5.41) is 2.66. The zero-order chi connectivity index (χ0) is 12.5. The van der Waals surface area contributed by atoms with Crippen LogP contribution in [0.15, 0.2) is 0 Å². The van der Waals surface area contributed by atoms with E-state index in [2.05, 4.69) is 5.32 Å². The highest BCUT2D eigenvalue weighted by Crippen LogP contribution is 2.01. The van der Waals surface area contributed by atoms with E-state index in [4.69, 9.17) is 10.5 Å². The van der Waals surface area contributed by atoms with Crippen molar-refractivity contribution in [3.63, 3.8) is 0 Å². The third kappa shape index (κ3) is 5.14. The third-order valence-corrected chi connectivity index (χ3v) is 2.69. The lowest BCUT2D eigenvalue weighted by atomic mass is 10.1. The quantitative estimate of drug-likeness (QED) is 0.623. The molecule has 6 heteroatoms. The lowest BCUT2D eigenvalue weighted by Gasteiger charge is -2.28. The lowest BCUT2D eigenvalue weighted by molar-refractivity contribution is 0.0528. The van der Waals surface area contributed by atoms with Gasteiger partial charge in [-0.3, -0.25) is 4.79 Å². The summed E-state index contributed by atoms with van der Waals surface area (Å²) in [6, 6.07) is -0.744. The Hall–Kier alpha value is -1.14. The fourth-order valence-corrected chi connectivity index (χ4v) is 1.66.